The van der Waals surface area contributed by atoms with Gasteiger partial charge in [0.2, 0.25) is 6.79 Å². The second-order valence-electron chi connectivity index (χ2n) is 9.01. The molecule has 3 aromatic rings. The summed E-state index contributed by atoms with van der Waals surface area (Å²) in [6, 6.07) is 16.9. The zero-order valence-corrected chi connectivity index (χ0v) is 20.6. The lowest BCUT2D eigenvalue weighted by atomic mass is 9.78. The van der Waals surface area contributed by atoms with E-state index < -0.39 is 6.04 Å². The molecule has 2 aliphatic heterocycles. The number of hydrogen-bond acceptors (Lipinski definition) is 7. The van der Waals surface area contributed by atoms with Crippen molar-refractivity contribution in [1.29, 1.82) is 0 Å². The number of benzene rings is 3. The smallest absolute Gasteiger partial charge is 0.231 e. The van der Waals surface area contributed by atoms with E-state index in [0.29, 0.717) is 46.4 Å². The topological polar surface area (TPSA) is 78.1 Å². The first kappa shape index (κ1) is 22.6. The third kappa shape index (κ3) is 3.80. The lowest BCUT2D eigenvalue weighted by molar-refractivity contribution is -0.116. The van der Waals surface area contributed by atoms with E-state index in [0.717, 1.165) is 28.2 Å². The van der Waals surface area contributed by atoms with Crippen molar-refractivity contribution in [2.75, 3.05) is 31.6 Å². The molecule has 7 nitrogen and oxygen atoms in total. The maximum atomic E-state index is 13.8. The van der Waals surface area contributed by atoms with Gasteiger partial charge in [-0.2, -0.15) is 0 Å². The number of carbonyl (C=O) groups is 1. The Balaban J connectivity index is 1.45. The van der Waals surface area contributed by atoms with Gasteiger partial charge < -0.3 is 29.6 Å². The van der Waals surface area contributed by atoms with Crippen molar-refractivity contribution in [3.05, 3.63) is 82.0 Å². The van der Waals surface area contributed by atoms with Crippen LogP contribution in [0, 0.1) is 0 Å². The average molecular weight is 505 g/mol. The Morgan fingerprint density at radius 2 is 1.67 bits per heavy atom. The second-order valence-corrected chi connectivity index (χ2v) is 9.42. The predicted octanol–water partition coefficient (Wildman–Crippen LogP) is 6.07. The summed E-state index contributed by atoms with van der Waals surface area (Å²) in [5.41, 5.74) is 5.15. The molecular formula is C28H25ClN2O5. The van der Waals surface area contributed by atoms with Crippen LogP contribution in [0.25, 0.3) is 0 Å². The average Bonchev–Trinajstić information content (AvgIpc) is 3.27. The first-order valence-corrected chi connectivity index (χ1v) is 12.1. The fraction of sp³-hybridized carbons (Fsp3) is 0.250. The minimum Gasteiger partial charge on any atom is -0.493 e. The molecule has 1 aliphatic carbocycles. The van der Waals surface area contributed by atoms with Crippen LogP contribution in [0.1, 0.15) is 35.9 Å². The molecule has 0 amide bonds. The maximum Gasteiger partial charge on any atom is 0.231 e. The van der Waals surface area contributed by atoms with Crippen LogP contribution in [0.5, 0.6) is 23.0 Å². The highest BCUT2D eigenvalue weighted by Gasteiger charge is 2.37. The van der Waals surface area contributed by atoms with Crippen LogP contribution in [-0.4, -0.2) is 26.8 Å². The number of nitrogens with one attached hydrogen (secondary N) is 2. The monoisotopic (exact) mass is 504 g/mol. The summed E-state index contributed by atoms with van der Waals surface area (Å²) in [5, 5.41) is 7.63. The van der Waals surface area contributed by atoms with Crippen molar-refractivity contribution in [1.82, 2.24) is 0 Å². The number of anilines is 2. The van der Waals surface area contributed by atoms with Gasteiger partial charge >= 0.3 is 0 Å². The van der Waals surface area contributed by atoms with Crippen LogP contribution in [0.4, 0.5) is 11.4 Å². The van der Waals surface area contributed by atoms with Gasteiger partial charge in [-0.1, -0.05) is 29.8 Å². The molecule has 0 spiro atoms. The van der Waals surface area contributed by atoms with Crippen molar-refractivity contribution in [3.8, 4) is 23.0 Å². The second kappa shape index (κ2) is 8.99. The van der Waals surface area contributed by atoms with Crippen molar-refractivity contribution in [2.24, 2.45) is 0 Å². The van der Waals surface area contributed by atoms with Gasteiger partial charge in [0.1, 0.15) is 0 Å². The third-order valence-electron chi connectivity index (χ3n) is 6.99. The first-order chi connectivity index (χ1) is 17.6. The minimum absolute atomic E-state index is 0.0123. The van der Waals surface area contributed by atoms with Gasteiger partial charge in [0.25, 0.3) is 0 Å². The summed E-state index contributed by atoms with van der Waals surface area (Å²) in [6.07, 6.45) is 1.03. The largest absolute Gasteiger partial charge is 0.493 e. The summed E-state index contributed by atoms with van der Waals surface area (Å²) in [5.74, 6) is 2.58. The number of halogens is 1. The predicted molar refractivity (Wildman–Crippen MR) is 138 cm³/mol. The van der Waals surface area contributed by atoms with Crippen LogP contribution < -0.4 is 29.6 Å². The molecule has 0 aromatic heterocycles. The zero-order valence-electron chi connectivity index (χ0n) is 19.9. The molecule has 3 aliphatic rings. The van der Waals surface area contributed by atoms with E-state index in [1.165, 1.54) is 0 Å². The Hall–Kier alpha value is -3.84. The number of para-hydroxylation sites is 2. The Morgan fingerprint density at radius 3 is 2.44 bits per heavy atom. The van der Waals surface area contributed by atoms with Crippen molar-refractivity contribution in [2.45, 2.75) is 24.8 Å². The minimum atomic E-state index is -0.447. The molecule has 0 saturated carbocycles. The van der Waals surface area contributed by atoms with E-state index in [9.17, 15) is 4.79 Å². The van der Waals surface area contributed by atoms with E-state index in [1.807, 2.05) is 48.5 Å². The van der Waals surface area contributed by atoms with Crippen molar-refractivity contribution >= 4 is 28.8 Å². The number of ether oxygens (including phenoxy) is 4. The summed E-state index contributed by atoms with van der Waals surface area (Å²) in [4.78, 5) is 13.8. The number of Topliss-reactive ketones (excluding diaryl/α,β-unsaturated/α-hetero) is 1. The van der Waals surface area contributed by atoms with Crippen LogP contribution in [-0.2, 0) is 4.79 Å². The normalized spacial score (nSPS) is 20.0. The number of allylic oxidation sites excluding steroid dienone is 1. The molecular weight excluding hydrogens is 480 g/mol. The lowest BCUT2D eigenvalue weighted by Gasteiger charge is -2.30. The van der Waals surface area contributed by atoms with E-state index in [1.54, 1.807) is 20.3 Å². The fourth-order valence-electron chi connectivity index (χ4n) is 5.22. The summed E-state index contributed by atoms with van der Waals surface area (Å²) < 4.78 is 22.0. The molecule has 0 bridgehead atoms. The third-order valence-corrected chi connectivity index (χ3v) is 7.32. The molecule has 184 valence electrons. The number of fused-ring (bicyclic) bond motifs is 2. The first-order valence-electron chi connectivity index (χ1n) is 11.8. The van der Waals surface area contributed by atoms with Crippen molar-refractivity contribution < 1.29 is 23.7 Å². The van der Waals surface area contributed by atoms with Crippen LogP contribution in [0.15, 0.2) is 65.9 Å². The van der Waals surface area contributed by atoms with Gasteiger partial charge in [-0.05, 0) is 48.2 Å². The quantitative estimate of drug-likeness (QED) is 0.446. The van der Waals surface area contributed by atoms with Crippen LogP contribution >= 0.6 is 11.6 Å². The SMILES string of the molecule is COc1ccc([C@@H]2CC(=O)C3=C(C2)Nc2ccccc2N[C@@H]3c2cc3c(cc2Cl)OCO3)cc1OC. The summed E-state index contributed by atoms with van der Waals surface area (Å²) >= 11 is 6.73. The molecule has 36 heavy (non-hydrogen) atoms. The molecule has 2 atom stereocenters. The highest BCUT2D eigenvalue weighted by atomic mass is 35.5. The molecule has 3 aromatic carbocycles. The van der Waals surface area contributed by atoms with Gasteiger partial charge in [-0.15, -0.1) is 0 Å². The summed E-state index contributed by atoms with van der Waals surface area (Å²) in [7, 11) is 3.23. The molecule has 0 saturated heterocycles. The van der Waals surface area contributed by atoms with E-state index in [2.05, 4.69) is 10.6 Å². The zero-order chi connectivity index (χ0) is 24.8. The van der Waals surface area contributed by atoms with E-state index >= 15 is 0 Å². The van der Waals surface area contributed by atoms with Gasteiger partial charge in [-0.25, -0.2) is 0 Å². The molecule has 0 fully saturated rings. The molecule has 0 unspecified atom stereocenters. The van der Waals surface area contributed by atoms with Gasteiger partial charge in [0, 0.05) is 29.3 Å². The molecule has 6 rings (SSSR count). The molecule has 0 radical (unpaired) electrons. The van der Waals surface area contributed by atoms with E-state index in [-0.39, 0.29) is 18.5 Å². The van der Waals surface area contributed by atoms with Gasteiger partial charge in [-0.3, -0.25) is 4.79 Å². The highest BCUT2D eigenvalue weighted by Crippen LogP contribution is 2.48. The number of hydrogen-bond donors (Lipinski definition) is 2. The summed E-state index contributed by atoms with van der Waals surface area (Å²) in [6.45, 7) is 0.150. The molecule has 2 N–H and O–H groups in total. The number of ketones is 1. The number of rotatable bonds is 4. The van der Waals surface area contributed by atoms with Gasteiger partial charge in [0.05, 0.1) is 36.7 Å². The number of carbonyl (C=O) groups excluding carboxylic acids is 1. The Kier molecular flexibility index (Phi) is 5.64. The van der Waals surface area contributed by atoms with Crippen LogP contribution in [0.2, 0.25) is 5.02 Å². The Labute approximate surface area is 214 Å². The van der Waals surface area contributed by atoms with Crippen molar-refractivity contribution in [3.63, 3.8) is 0 Å². The van der Waals surface area contributed by atoms with Gasteiger partial charge in [0.15, 0.2) is 28.8 Å². The molecule has 8 heteroatoms. The van der Waals surface area contributed by atoms with Crippen LogP contribution in [0.3, 0.4) is 0 Å². The number of methoxy groups -OCH3 is 2. The highest BCUT2D eigenvalue weighted by molar-refractivity contribution is 6.31. The lowest BCUT2D eigenvalue weighted by Crippen LogP contribution is -2.27. The molecule has 2 heterocycles. The fourth-order valence-corrected chi connectivity index (χ4v) is 5.48. The Bertz CT molecular complexity index is 1400. The maximum absolute atomic E-state index is 13.8. The van der Waals surface area contributed by atoms with E-state index in [4.69, 9.17) is 30.5 Å². The standard InChI is InChI=1S/C28H25ClN2O5/c1-33-23-8-7-15(11-24(23)34-2)16-9-21-27(22(32)10-16)28(31-20-6-4-3-5-19(20)30-21)17-12-25-26(13-18(17)29)36-14-35-25/h3-8,11-13,16,28,30-31H,9-10,14H2,1-2H3/t16-,28+/m0/s1. The Morgan fingerprint density at radius 1 is 0.917 bits per heavy atom.